The molecule has 0 aliphatic carbocycles. The molecule has 0 spiro atoms. The quantitative estimate of drug-likeness (QED) is 0.289. The minimum Gasteiger partial charge on any atom is -0.264 e. The molecule has 0 fully saturated rings. The second kappa shape index (κ2) is 27.5. The van der Waals surface area contributed by atoms with Crippen molar-refractivity contribution in [3.63, 3.8) is 0 Å². The van der Waals surface area contributed by atoms with Gasteiger partial charge in [-0.15, -0.1) is 43.2 Å². The number of allylic oxidation sites excluding steroid dienone is 9. The van der Waals surface area contributed by atoms with Crippen LogP contribution in [0.15, 0.2) is 72.1 Å². The standard InChI is InChI=1S/C15H16S.2C2H6.W/c1-5-9-12-14(8-4)16-15(11-7-3)13-10-6-2;2*1-2;/h5-7,9-10,12-13H,1-3H2,4H3;2*1-2H3;/q-2;;;+2/b12-9-,13-10-;;;. The van der Waals surface area contributed by atoms with Crippen LogP contribution in [0.2, 0.25) is 0 Å². The first-order valence-corrected chi connectivity index (χ1v) is 7.65. The molecule has 0 aliphatic rings. The fourth-order valence-corrected chi connectivity index (χ4v) is 1.58. The molecule has 0 aromatic carbocycles. The summed E-state index contributed by atoms with van der Waals surface area (Å²) in [6, 6.07) is 0. The normalized spacial score (nSPS) is 10.7. The predicted octanol–water partition coefficient (Wildman–Crippen LogP) is 6.83. The van der Waals surface area contributed by atoms with Crippen molar-refractivity contribution in [1.29, 1.82) is 0 Å². The Morgan fingerprint density at radius 3 is 1.62 bits per heavy atom. The first kappa shape index (κ1) is 28.4. The largest absolute Gasteiger partial charge is 2.00 e. The molecule has 116 valence electrons. The van der Waals surface area contributed by atoms with E-state index in [4.69, 9.17) is 0 Å². The van der Waals surface area contributed by atoms with E-state index in [-0.39, 0.29) is 21.1 Å². The molecule has 0 bridgehead atoms. The Balaban J connectivity index is -0.000000264. The summed E-state index contributed by atoms with van der Waals surface area (Å²) in [6.45, 7) is 20.8. The Morgan fingerprint density at radius 2 is 1.29 bits per heavy atom. The van der Waals surface area contributed by atoms with E-state index in [9.17, 15) is 0 Å². The summed E-state index contributed by atoms with van der Waals surface area (Å²) in [7, 11) is 0. The molecule has 2 heteroatoms. The number of rotatable bonds is 7. The minimum atomic E-state index is 0. The SMILES string of the molecule is C=C[C-]=C(/C=C\C=C)SC(=[C-]C)/C=C\C=C.CC.CC.[W+2]. The van der Waals surface area contributed by atoms with Gasteiger partial charge in [0, 0.05) is 0 Å². The van der Waals surface area contributed by atoms with E-state index in [0.717, 1.165) is 9.81 Å². The summed E-state index contributed by atoms with van der Waals surface area (Å²) in [5.74, 6) is 0. The molecule has 0 amide bonds. The van der Waals surface area contributed by atoms with Crippen LogP contribution in [0.25, 0.3) is 0 Å². The van der Waals surface area contributed by atoms with Crippen molar-refractivity contribution >= 4 is 11.8 Å². The average Bonchev–Trinajstić information content (AvgIpc) is 2.52. The number of thioether (sulfide) groups is 1. The zero-order valence-corrected chi connectivity index (χ0v) is 17.7. The average molecular weight is 472 g/mol. The van der Waals surface area contributed by atoms with Gasteiger partial charge >= 0.3 is 21.1 Å². The van der Waals surface area contributed by atoms with Crippen molar-refractivity contribution in [2.45, 2.75) is 34.6 Å². The van der Waals surface area contributed by atoms with Gasteiger partial charge in [0.1, 0.15) is 0 Å². The summed E-state index contributed by atoms with van der Waals surface area (Å²) < 4.78 is 0. The Hall–Kier alpha value is -0.782. The molecule has 0 unspecified atom stereocenters. The monoisotopic (exact) mass is 472 g/mol. The molecule has 0 radical (unpaired) electrons. The topological polar surface area (TPSA) is 0 Å². The van der Waals surface area contributed by atoms with Crippen LogP contribution in [0.4, 0.5) is 0 Å². The zero-order chi connectivity index (χ0) is 16.2. The Bertz CT molecular complexity index is 358. The fourth-order valence-electron chi connectivity index (χ4n) is 0.810. The van der Waals surface area contributed by atoms with Crippen LogP contribution in [-0.4, -0.2) is 0 Å². The van der Waals surface area contributed by atoms with E-state index in [2.05, 4.69) is 31.9 Å². The van der Waals surface area contributed by atoms with E-state index < -0.39 is 0 Å². The van der Waals surface area contributed by atoms with Gasteiger partial charge in [0.25, 0.3) is 0 Å². The van der Waals surface area contributed by atoms with E-state index >= 15 is 0 Å². The van der Waals surface area contributed by atoms with E-state index in [0.29, 0.717) is 0 Å². The van der Waals surface area contributed by atoms with Gasteiger partial charge in [-0.3, -0.25) is 6.08 Å². The maximum atomic E-state index is 3.63. The van der Waals surface area contributed by atoms with Gasteiger partial charge in [0.2, 0.25) is 0 Å². The summed E-state index contributed by atoms with van der Waals surface area (Å²) in [4.78, 5) is 1.98. The van der Waals surface area contributed by atoms with Gasteiger partial charge in [0.05, 0.1) is 0 Å². The molecule has 0 saturated heterocycles. The number of hydrogen-bond acceptors (Lipinski definition) is 1. The molecule has 21 heavy (non-hydrogen) atoms. The second-order valence-corrected chi connectivity index (χ2v) is 3.70. The second-order valence-electron chi connectivity index (χ2n) is 2.62. The Kier molecular flexibility index (Phi) is 37.2. The third kappa shape index (κ3) is 21.7. The molecule has 0 N–H and O–H groups in total. The smallest absolute Gasteiger partial charge is 0.264 e. The predicted molar refractivity (Wildman–Crippen MR) is 98.3 cm³/mol. The zero-order valence-electron chi connectivity index (χ0n) is 14.0. The summed E-state index contributed by atoms with van der Waals surface area (Å²) >= 11 is 1.56. The van der Waals surface area contributed by atoms with E-state index in [1.54, 1.807) is 30.0 Å². The minimum absolute atomic E-state index is 0. The molecule has 0 aromatic heterocycles. The van der Waals surface area contributed by atoms with Crippen LogP contribution in [0.1, 0.15) is 34.6 Å². The third-order valence-electron chi connectivity index (χ3n) is 1.48. The Morgan fingerprint density at radius 1 is 0.857 bits per heavy atom. The summed E-state index contributed by atoms with van der Waals surface area (Å²) in [5, 5.41) is 0. The van der Waals surface area contributed by atoms with Gasteiger partial charge in [-0.05, 0) is 0 Å². The summed E-state index contributed by atoms with van der Waals surface area (Å²) in [5.41, 5.74) is 0. The van der Waals surface area contributed by atoms with Crippen molar-refractivity contribution in [1.82, 2.24) is 0 Å². The fraction of sp³-hybridized carbons (Fsp3) is 0.263. The first-order valence-electron chi connectivity index (χ1n) is 6.83. The van der Waals surface area contributed by atoms with Crippen molar-refractivity contribution < 1.29 is 21.1 Å². The van der Waals surface area contributed by atoms with Gasteiger partial charge in [-0.2, -0.15) is 41.5 Å². The van der Waals surface area contributed by atoms with E-state index in [1.165, 1.54) is 0 Å². The molecule has 0 aromatic rings. The molecule has 0 heterocycles. The van der Waals surface area contributed by atoms with Crippen LogP contribution in [0.5, 0.6) is 0 Å². The molecular formula is C19H28SW. The van der Waals surface area contributed by atoms with Crippen LogP contribution in [0, 0.1) is 12.2 Å². The maximum Gasteiger partial charge on any atom is 2.00 e. The van der Waals surface area contributed by atoms with Crippen LogP contribution < -0.4 is 0 Å². The molecular weight excluding hydrogens is 444 g/mol. The first-order chi connectivity index (χ1) is 9.78. The molecule has 0 nitrogen and oxygen atoms in total. The van der Waals surface area contributed by atoms with Crippen molar-refractivity contribution in [3.8, 4) is 0 Å². The maximum absolute atomic E-state index is 3.63. The van der Waals surface area contributed by atoms with Gasteiger partial charge < -0.3 is 0 Å². The van der Waals surface area contributed by atoms with Gasteiger partial charge in [-0.25, -0.2) is 0 Å². The molecule has 0 saturated carbocycles. The third-order valence-corrected chi connectivity index (χ3v) is 2.51. The van der Waals surface area contributed by atoms with Crippen molar-refractivity contribution in [3.05, 3.63) is 84.2 Å². The molecule has 0 aliphatic heterocycles. The molecule has 0 rings (SSSR count). The van der Waals surface area contributed by atoms with Crippen LogP contribution in [0.3, 0.4) is 0 Å². The van der Waals surface area contributed by atoms with Gasteiger partial charge in [0.15, 0.2) is 0 Å². The van der Waals surface area contributed by atoms with E-state index in [1.807, 2.05) is 58.9 Å². The molecule has 0 atom stereocenters. The number of hydrogen-bond donors (Lipinski definition) is 0. The van der Waals surface area contributed by atoms with Gasteiger partial charge in [-0.1, -0.05) is 39.8 Å². The van der Waals surface area contributed by atoms with Crippen molar-refractivity contribution in [2.24, 2.45) is 0 Å². The summed E-state index contributed by atoms with van der Waals surface area (Å²) in [6.07, 6.45) is 18.9. The van der Waals surface area contributed by atoms with Crippen LogP contribution >= 0.6 is 11.8 Å². The van der Waals surface area contributed by atoms with Crippen molar-refractivity contribution in [2.75, 3.05) is 0 Å². The Labute approximate surface area is 151 Å². The van der Waals surface area contributed by atoms with Crippen LogP contribution in [-0.2, 0) is 21.1 Å².